The molecular formula is C18H29N2O2+. The van der Waals surface area contributed by atoms with E-state index in [-0.39, 0.29) is 17.9 Å². The molecule has 1 heterocycles. The Hall–Kier alpha value is -1.55. The maximum atomic E-state index is 12.1. The molecule has 1 amide bonds. The SMILES string of the molecule is CCOc1ccccc1C[NH+]1CCC(C(=O)NC(C)C)CC1. The first-order chi connectivity index (χ1) is 10.6. The van der Waals surface area contributed by atoms with Gasteiger partial charge in [-0.1, -0.05) is 12.1 Å². The minimum atomic E-state index is 0.188. The summed E-state index contributed by atoms with van der Waals surface area (Å²) in [5.74, 6) is 1.41. The molecule has 1 saturated heterocycles. The van der Waals surface area contributed by atoms with E-state index in [0.29, 0.717) is 6.61 Å². The van der Waals surface area contributed by atoms with Gasteiger partial charge in [0.1, 0.15) is 12.3 Å². The topological polar surface area (TPSA) is 42.8 Å². The van der Waals surface area contributed by atoms with Crippen molar-refractivity contribution in [2.45, 2.75) is 46.2 Å². The number of rotatable bonds is 6. The molecule has 22 heavy (non-hydrogen) atoms. The minimum absolute atomic E-state index is 0.188. The zero-order valence-electron chi connectivity index (χ0n) is 14.0. The lowest BCUT2D eigenvalue weighted by Gasteiger charge is -2.29. The van der Waals surface area contributed by atoms with Gasteiger partial charge in [-0.25, -0.2) is 0 Å². The predicted octanol–water partition coefficient (Wildman–Crippen LogP) is 1.40. The van der Waals surface area contributed by atoms with Gasteiger partial charge in [-0.3, -0.25) is 4.79 Å². The van der Waals surface area contributed by atoms with Crippen molar-refractivity contribution in [2.75, 3.05) is 19.7 Å². The van der Waals surface area contributed by atoms with Gasteiger partial charge in [0.2, 0.25) is 5.91 Å². The highest BCUT2D eigenvalue weighted by atomic mass is 16.5. The third-order valence-corrected chi connectivity index (χ3v) is 4.21. The van der Waals surface area contributed by atoms with Gasteiger partial charge in [0, 0.05) is 30.4 Å². The highest BCUT2D eigenvalue weighted by Gasteiger charge is 2.28. The van der Waals surface area contributed by atoms with Crippen LogP contribution in [0.2, 0.25) is 0 Å². The number of quaternary nitrogens is 1. The van der Waals surface area contributed by atoms with Crippen LogP contribution in [0.3, 0.4) is 0 Å². The van der Waals surface area contributed by atoms with Gasteiger partial charge in [0.25, 0.3) is 0 Å². The Bertz CT molecular complexity index is 480. The number of carbonyl (C=O) groups excluding carboxylic acids is 1. The molecule has 0 aromatic heterocycles. The molecule has 122 valence electrons. The first-order valence-corrected chi connectivity index (χ1v) is 8.44. The predicted molar refractivity (Wildman–Crippen MR) is 88.0 cm³/mol. The van der Waals surface area contributed by atoms with Crippen molar-refractivity contribution >= 4 is 5.91 Å². The summed E-state index contributed by atoms with van der Waals surface area (Å²) in [5, 5.41) is 3.03. The Labute approximate surface area is 133 Å². The molecule has 0 radical (unpaired) electrons. The van der Waals surface area contributed by atoms with E-state index in [1.807, 2.05) is 32.9 Å². The molecule has 0 atom stereocenters. The molecule has 0 spiro atoms. The number of hydrogen-bond donors (Lipinski definition) is 2. The highest BCUT2D eigenvalue weighted by molar-refractivity contribution is 5.78. The van der Waals surface area contributed by atoms with Crippen LogP contribution in [-0.4, -0.2) is 31.6 Å². The smallest absolute Gasteiger partial charge is 0.223 e. The van der Waals surface area contributed by atoms with E-state index < -0.39 is 0 Å². The lowest BCUT2D eigenvalue weighted by molar-refractivity contribution is -0.919. The average Bonchev–Trinajstić information content (AvgIpc) is 2.49. The summed E-state index contributed by atoms with van der Waals surface area (Å²) < 4.78 is 5.70. The van der Waals surface area contributed by atoms with Crippen molar-refractivity contribution < 1.29 is 14.4 Å². The van der Waals surface area contributed by atoms with Crippen LogP contribution in [0.5, 0.6) is 5.75 Å². The Morgan fingerprint density at radius 1 is 1.32 bits per heavy atom. The molecule has 1 aliphatic rings. The van der Waals surface area contributed by atoms with E-state index in [1.54, 1.807) is 4.90 Å². The summed E-state index contributed by atoms with van der Waals surface area (Å²) in [7, 11) is 0. The molecule has 1 aromatic rings. The van der Waals surface area contributed by atoms with E-state index in [2.05, 4.69) is 17.4 Å². The normalized spacial score (nSPS) is 21.6. The molecule has 0 saturated carbocycles. The van der Waals surface area contributed by atoms with E-state index in [0.717, 1.165) is 38.2 Å². The van der Waals surface area contributed by atoms with Crippen LogP contribution in [0.4, 0.5) is 0 Å². The summed E-state index contributed by atoms with van der Waals surface area (Å²) >= 11 is 0. The van der Waals surface area contributed by atoms with Crippen LogP contribution in [0.15, 0.2) is 24.3 Å². The fraction of sp³-hybridized carbons (Fsp3) is 0.611. The number of para-hydroxylation sites is 1. The number of hydrogen-bond acceptors (Lipinski definition) is 2. The van der Waals surface area contributed by atoms with Crippen LogP contribution >= 0.6 is 0 Å². The zero-order valence-corrected chi connectivity index (χ0v) is 14.0. The summed E-state index contributed by atoms with van der Waals surface area (Å²) in [6.45, 7) is 9.83. The van der Waals surface area contributed by atoms with Gasteiger partial charge in [-0.2, -0.15) is 0 Å². The number of ether oxygens (including phenoxy) is 1. The van der Waals surface area contributed by atoms with Crippen molar-refractivity contribution in [3.8, 4) is 5.75 Å². The number of amides is 1. The maximum absolute atomic E-state index is 12.1. The second kappa shape index (κ2) is 8.18. The zero-order chi connectivity index (χ0) is 15.9. The number of nitrogens with one attached hydrogen (secondary N) is 2. The first-order valence-electron chi connectivity index (χ1n) is 8.44. The van der Waals surface area contributed by atoms with Gasteiger partial charge < -0.3 is 15.0 Å². The number of benzene rings is 1. The summed E-state index contributed by atoms with van der Waals surface area (Å²) in [4.78, 5) is 13.6. The minimum Gasteiger partial charge on any atom is -0.493 e. The first kappa shape index (κ1) is 16.8. The van der Waals surface area contributed by atoms with Crippen LogP contribution in [0, 0.1) is 5.92 Å². The fourth-order valence-electron chi connectivity index (χ4n) is 3.08. The molecule has 2 rings (SSSR count). The molecule has 1 aliphatic heterocycles. The standard InChI is InChI=1S/C18H28N2O2/c1-4-22-17-8-6-5-7-16(17)13-20-11-9-15(10-12-20)18(21)19-14(2)3/h5-8,14-15H,4,9-13H2,1-3H3,(H,19,21)/p+1. The van der Waals surface area contributed by atoms with Gasteiger partial charge >= 0.3 is 0 Å². The van der Waals surface area contributed by atoms with E-state index in [1.165, 1.54) is 5.56 Å². The van der Waals surface area contributed by atoms with Crippen molar-refractivity contribution in [2.24, 2.45) is 5.92 Å². The molecule has 0 unspecified atom stereocenters. The van der Waals surface area contributed by atoms with Crippen molar-refractivity contribution in [1.29, 1.82) is 0 Å². The summed E-state index contributed by atoms with van der Waals surface area (Å²) in [5.41, 5.74) is 1.27. The second-order valence-corrected chi connectivity index (χ2v) is 6.41. The van der Waals surface area contributed by atoms with Gasteiger partial charge in [-0.05, 0) is 32.9 Å². The third kappa shape index (κ3) is 4.73. The monoisotopic (exact) mass is 305 g/mol. The van der Waals surface area contributed by atoms with Crippen LogP contribution < -0.4 is 15.0 Å². The van der Waals surface area contributed by atoms with Crippen LogP contribution in [-0.2, 0) is 11.3 Å². The number of likely N-dealkylation sites (tertiary alicyclic amines) is 1. The van der Waals surface area contributed by atoms with Crippen molar-refractivity contribution in [1.82, 2.24) is 5.32 Å². The average molecular weight is 305 g/mol. The molecular weight excluding hydrogens is 276 g/mol. The van der Waals surface area contributed by atoms with Gasteiger partial charge in [0.15, 0.2) is 0 Å². The number of piperidine rings is 1. The Balaban J connectivity index is 1.86. The van der Waals surface area contributed by atoms with Crippen molar-refractivity contribution in [3.63, 3.8) is 0 Å². The highest BCUT2D eigenvalue weighted by Crippen LogP contribution is 2.17. The van der Waals surface area contributed by atoms with Gasteiger partial charge in [0.05, 0.1) is 19.7 Å². The van der Waals surface area contributed by atoms with E-state index in [9.17, 15) is 4.79 Å². The molecule has 4 nitrogen and oxygen atoms in total. The summed E-state index contributed by atoms with van der Waals surface area (Å²) in [6.07, 6.45) is 1.95. The molecule has 0 bridgehead atoms. The Morgan fingerprint density at radius 3 is 2.64 bits per heavy atom. The fourth-order valence-corrected chi connectivity index (χ4v) is 3.08. The second-order valence-electron chi connectivity index (χ2n) is 6.41. The Kier molecular flexibility index (Phi) is 6.25. The lowest BCUT2D eigenvalue weighted by Crippen LogP contribution is -3.11. The Morgan fingerprint density at radius 2 is 2.00 bits per heavy atom. The molecule has 4 heteroatoms. The molecule has 1 aromatic carbocycles. The summed E-state index contributed by atoms with van der Waals surface area (Å²) in [6, 6.07) is 8.51. The lowest BCUT2D eigenvalue weighted by atomic mass is 9.95. The third-order valence-electron chi connectivity index (χ3n) is 4.21. The van der Waals surface area contributed by atoms with E-state index in [4.69, 9.17) is 4.74 Å². The maximum Gasteiger partial charge on any atom is 0.223 e. The quantitative estimate of drug-likeness (QED) is 0.834. The van der Waals surface area contributed by atoms with E-state index >= 15 is 0 Å². The molecule has 1 fully saturated rings. The molecule has 0 aliphatic carbocycles. The van der Waals surface area contributed by atoms with Crippen LogP contribution in [0.1, 0.15) is 39.2 Å². The van der Waals surface area contributed by atoms with Crippen molar-refractivity contribution in [3.05, 3.63) is 29.8 Å². The number of carbonyl (C=O) groups is 1. The van der Waals surface area contributed by atoms with Crippen LogP contribution in [0.25, 0.3) is 0 Å². The largest absolute Gasteiger partial charge is 0.493 e. The van der Waals surface area contributed by atoms with Gasteiger partial charge in [-0.15, -0.1) is 0 Å². The molecule has 2 N–H and O–H groups in total.